The molecule has 33 heavy (non-hydrogen) atoms. The topological polar surface area (TPSA) is 82.5 Å². The minimum absolute atomic E-state index is 0.0302. The van der Waals surface area contributed by atoms with Crippen LogP contribution in [0.3, 0.4) is 0 Å². The van der Waals surface area contributed by atoms with Gasteiger partial charge in [-0.05, 0) is 41.3 Å². The zero-order chi connectivity index (χ0) is 25.6. The number of hydrogen-bond donors (Lipinski definition) is 2. The number of halogens is 1. The van der Waals surface area contributed by atoms with Crippen molar-refractivity contribution in [3.63, 3.8) is 0 Å². The van der Waals surface area contributed by atoms with Crippen LogP contribution in [0.25, 0.3) is 22.1 Å². The van der Waals surface area contributed by atoms with Gasteiger partial charge in [0.15, 0.2) is 0 Å². The van der Waals surface area contributed by atoms with Gasteiger partial charge in [-0.3, -0.25) is 19.5 Å². The number of H-pyrrole nitrogens is 1. The average molecular weight is 449 g/mol. The highest BCUT2D eigenvalue weighted by molar-refractivity contribution is 5.92. The Balaban J connectivity index is 1.33. The molecule has 1 atom stereocenters. The number of hydrogen-bond acceptors (Lipinski definition) is 4. The Morgan fingerprint density at radius 3 is 2.97 bits per heavy atom. The van der Waals surface area contributed by atoms with Gasteiger partial charge < -0.3 is 14.7 Å². The maximum atomic E-state index is 15.0. The molecule has 8 heteroatoms. The molecular weight excluding hydrogens is 421 g/mol. The van der Waals surface area contributed by atoms with Gasteiger partial charge in [0, 0.05) is 54.7 Å². The predicted molar refractivity (Wildman–Crippen MR) is 126 cm³/mol. The van der Waals surface area contributed by atoms with E-state index in [1.165, 1.54) is 12.1 Å². The summed E-state index contributed by atoms with van der Waals surface area (Å²) in [5, 5.41) is 1.92. The molecule has 1 aliphatic heterocycles. The number of amides is 1. The summed E-state index contributed by atoms with van der Waals surface area (Å²) in [6.45, 7) is 1.14. The third-order valence-corrected chi connectivity index (χ3v) is 6.12. The quantitative estimate of drug-likeness (QED) is 0.502. The summed E-state index contributed by atoms with van der Waals surface area (Å²) in [4.78, 5) is 33.4. The van der Waals surface area contributed by atoms with Crippen LogP contribution in [0.1, 0.15) is 32.7 Å². The van der Waals surface area contributed by atoms with Crippen molar-refractivity contribution in [2.75, 3.05) is 20.1 Å². The summed E-state index contributed by atoms with van der Waals surface area (Å²) in [6.07, 6.45) is 5.36. The van der Waals surface area contributed by atoms with Crippen LogP contribution in [0.4, 0.5) is 4.39 Å². The number of pyridine rings is 1. The third-order valence-electron chi connectivity index (χ3n) is 6.12. The highest BCUT2D eigenvalue weighted by Crippen LogP contribution is 2.29. The van der Waals surface area contributed by atoms with Crippen molar-refractivity contribution in [2.45, 2.75) is 13.5 Å². The fourth-order valence-corrected chi connectivity index (χ4v) is 4.51. The molecule has 0 saturated heterocycles. The molecule has 7 nitrogen and oxygen atoms in total. The predicted octanol–water partition coefficient (Wildman–Crippen LogP) is 3.21. The van der Waals surface area contributed by atoms with Crippen LogP contribution in [0.15, 0.2) is 59.7 Å². The van der Waals surface area contributed by atoms with Crippen LogP contribution < -0.4 is 10.9 Å². The van der Waals surface area contributed by atoms with E-state index < -0.39 is 12.9 Å². The van der Waals surface area contributed by atoms with Gasteiger partial charge in [0.05, 0.1) is 11.0 Å². The van der Waals surface area contributed by atoms with E-state index in [9.17, 15) is 9.59 Å². The van der Waals surface area contributed by atoms with Crippen molar-refractivity contribution in [2.24, 2.45) is 5.92 Å². The van der Waals surface area contributed by atoms with Crippen molar-refractivity contribution in [3.8, 4) is 0 Å². The Kier molecular flexibility index (Phi) is 4.46. The molecule has 1 amide bonds. The van der Waals surface area contributed by atoms with Gasteiger partial charge in [0.1, 0.15) is 17.0 Å². The van der Waals surface area contributed by atoms with Crippen molar-refractivity contribution in [1.29, 1.82) is 0 Å². The Labute approximate surface area is 193 Å². The largest absolute Gasteiger partial charge is 0.354 e. The standard InChI is InChI=1S/C25H24FN5O2/c1-15-13-30(9-7-18(15)16-5-6-20(28-12-16)24(32)27-2)14-17-10-21-23(11-19(17)26)31-8-3-4-22(31)25(33)29-21/h3-8,10-12,15H,9,13-14H2,1-2H3,(H,27,32)(H,29,33)/i2D3. The first-order valence-electron chi connectivity index (χ1n) is 12.1. The van der Waals surface area contributed by atoms with Crippen molar-refractivity contribution in [3.05, 3.63) is 87.9 Å². The van der Waals surface area contributed by atoms with Crippen molar-refractivity contribution in [1.82, 2.24) is 24.6 Å². The zero-order valence-corrected chi connectivity index (χ0v) is 17.9. The van der Waals surface area contributed by atoms with Crippen LogP contribution in [-0.2, 0) is 6.54 Å². The molecule has 0 spiro atoms. The first-order valence-corrected chi connectivity index (χ1v) is 10.6. The lowest BCUT2D eigenvalue weighted by molar-refractivity contribution is 0.0958. The highest BCUT2D eigenvalue weighted by Gasteiger charge is 2.22. The molecule has 1 aromatic carbocycles. The smallest absolute Gasteiger partial charge is 0.272 e. The fraction of sp³-hybridized carbons (Fsp3) is 0.240. The molecule has 0 bridgehead atoms. The highest BCUT2D eigenvalue weighted by atomic mass is 19.1. The summed E-state index contributed by atoms with van der Waals surface area (Å²) in [6, 6.07) is 9.85. The molecule has 3 aromatic heterocycles. The van der Waals surface area contributed by atoms with E-state index in [4.69, 9.17) is 4.11 Å². The first-order chi connectivity index (χ1) is 17.1. The maximum absolute atomic E-state index is 15.0. The van der Waals surface area contributed by atoms with Gasteiger partial charge in [-0.15, -0.1) is 0 Å². The second-order valence-electron chi connectivity index (χ2n) is 8.32. The number of nitrogens with zero attached hydrogens (tertiary/aromatic N) is 3. The van der Waals surface area contributed by atoms with Gasteiger partial charge in [0.25, 0.3) is 11.5 Å². The molecule has 0 aliphatic carbocycles. The second-order valence-corrected chi connectivity index (χ2v) is 8.32. The zero-order valence-electron chi connectivity index (χ0n) is 20.9. The van der Waals surface area contributed by atoms with Crippen LogP contribution in [-0.4, -0.2) is 45.2 Å². The van der Waals surface area contributed by atoms with E-state index in [0.717, 1.165) is 11.1 Å². The number of carbonyl (C=O) groups excluding carboxylic acids is 1. The molecule has 1 aliphatic rings. The lowest BCUT2D eigenvalue weighted by Crippen LogP contribution is -2.33. The lowest BCUT2D eigenvalue weighted by Gasteiger charge is -2.31. The molecule has 2 N–H and O–H groups in total. The van der Waals surface area contributed by atoms with Crippen LogP contribution >= 0.6 is 0 Å². The number of aromatic amines is 1. The van der Waals surface area contributed by atoms with Crippen molar-refractivity contribution < 1.29 is 13.3 Å². The average Bonchev–Trinajstić information content (AvgIpc) is 3.31. The van der Waals surface area contributed by atoms with Crippen LogP contribution in [0.5, 0.6) is 0 Å². The van der Waals surface area contributed by atoms with Gasteiger partial charge in [-0.2, -0.15) is 0 Å². The first kappa shape index (κ1) is 17.7. The van der Waals surface area contributed by atoms with E-state index >= 15 is 4.39 Å². The summed E-state index contributed by atoms with van der Waals surface area (Å²) < 4.78 is 38.2. The number of fused-ring (bicyclic) bond motifs is 3. The molecule has 0 saturated carbocycles. The van der Waals surface area contributed by atoms with E-state index in [0.29, 0.717) is 41.7 Å². The number of benzene rings is 1. The molecule has 4 heterocycles. The molecule has 168 valence electrons. The Morgan fingerprint density at radius 2 is 2.21 bits per heavy atom. The molecule has 0 radical (unpaired) electrons. The minimum Gasteiger partial charge on any atom is -0.354 e. The van der Waals surface area contributed by atoms with Crippen LogP contribution in [0, 0.1) is 11.7 Å². The van der Waals surface area contributed by atoms with E-state index in [-0.39, 0.29) is 23.0 Å². The number of aromatic nitrogens is 3. The third kappa shape index (κ3) is 3.82. The number of nitrogens with one attached hydrogen (secondary N) is 2. The number of carbonyl (C=O) groups is 1. The Hall–Kier alpha value is -3.78. The van der Waals surface area contributed by atoms with Crippen molar-refractivity contribution >= 4 is 28.0 Å². The summed E-state index contributed by atoms with van der Waals surface area (Å²) in [5.74, 6) is -0.970. The molecule has 1 unspecified atom stereocenters. The summed E-state index contributed by atoms with van der Waals surface area (Å²) in [7, 11) is 0. The lowest BCUT2D eigenvalue weighted by atomic mass is 9.91. The Bertz CT molecular complexity index is 1560. The van der Waals surface area contributed by atoms with Gasteiger partial charge >= 0.3 is 0 Å². The fourth-order valence-electron chi connectivity index (χ4n) is 4.51. The monoisotopic (exact) mass is 448 g/mol. The van der Waals surface area contributed by atoms with Crippen LogP contribution in [0.2, 0.25) is 0 Å². The maximum Gasteiger partial charge on any atom is 0.272 e. The van der Waals surface area contributed by atoms with Gasteiger partial charge in [-0.25, -0.2) is 4.39 Å². The van der Waals surface area contributed by atoms with E-state index in [2.05, 4.69) is 27.9 Å². The molecular formula is C25H24FN5O2. The number of rotatable bonds is 4. The normalized spacial score (nSPS) is 18.5. The summed E-state index contributed by atoms with van der Waals surface area (Å²) in [5.41, 5.74) is 3.86. The molecule has 0 fully saturated rings. The molecule has 4 aromatic rings. The van der Waals surface area contributed by atoms with E-state index in [1.807, 2.05) is 5.32 Å². The van der Waals surface area contributed by atoms with Gasteiger partial charge in [-0.1, -0.05) is 19.1 Å². The van der Waals surface area contributed by atoms with E-state index in [1.54, 1.807) is 41.1 Å². The minimum atomic E-state index is -2.57. The van der Waals surface area contributed by atoms with Gasteiger partial charge in [0.2, 0.25) is 0 Å². The Morgan fingerprint density at radius 1 is 1.33 bits per heavy atom. The summed E-state index contributed by atoms with van der Waals surface area (Å²) >= 11 is 0. The molecule has 5 rings (SSSR count). The second kappa shape index (κ2) is 8.29. The SMILES string of the molecule is [2H]C([2H])([2H])NC(=O)c1ccc(C2=CCN(Cc3cc4[nH]c(=O)c5cccn5c4cc3F)CC2C)cn1.